The average molecular weight is 320 g/mol. The smallest absolute Gasteiger partial charge is 0.293 e. The Balaban J connectivity index is 1.88. The van der Waals surface area contributed by atoms with Gasteiger partial charge in [0.1, 0.15) is 18.8 Å². The van der Waals surface area contributed by atoms with Gasteiger partial charge in [-0.3, -0.25) is 15.6 Å². The highest BCUT2D eigenvalue weighted by molar-refractivity contribution is 5.78. The molecule has 0 aliphatic carbocycles. The molecule has 3 N–H and O–H groups in total. The third-order valence-electron chi connectivity index (χ3n) is 3.76. The summed E-state index contributed by atoms with van der Waals surface area (Å²) in [5.74, 6) is 0.793. The second-order valence-corrected chi connectivity index (χ2v) is 5.47. The highest BCUT2D eigenvalue weighted by Gasteiger charge is 2.17. The molecular formula is C17H26N3O3+. The monoisotopic (exact) mass is 320 g/mol. The number of hydrogen-bond donors (Lipinski definition) is 3. The number of amides is 1. The molecule has 0 unspecified atom stereocenters. The Morgan fingerprint density at radius 2 is 1.96 bits per heavy atom. The number of hydrazine groups is 1. The van der Waals surface area contributed by atoms with Crippen LogP contribution in [0.25, 0.3) is 5.70 Å². The molecule has 6 heteroatoms. The van der Waals surface area contributed by atoms with Crippen LogP contribution in [0.2, 0.25) is 0 Å². The highest BCUT2D eigenvalue weighted by Crippen LogP contribution is 2.16. The first-order valence-corrected chi connectivity index (χ1v) is 8.03. The Kier molecular flexibility index (Phi) is 6.90. The van der Waals surface area contributed by atoms with Crippen LogP contribution in [0.1, 0.15) is 18.9 Å². The lowest BCUT2D eigenvalue weighted by molar-refractivity contribution is -0.900. The molecule has 6 nitrogen and oxygen atoms in total. The van der Waals surface area contributed by atoms with E-state index in [4.69, 9.17) is 9.47 Å². The Morgan fingerprint density at radius 3 is 2.57 bits per heavy atom. The van der Waals surface area contributed by atoms with Crippen LogP contribution in [0.5, 0.6) is 5.75 Å². The molecule has 0 aromatic heterocycles. The summed E-state index contributed by atoms with van der Waals surface area (Å²) < 4.78 is 10.5. The zero-order valence-corrected chi connectivity index (χ0v) is 13.9. The van der Waals surface area contributed by atoms with E-state index in [0.717, 1.165) is 49.7 Å². The predicted octanol–water partition coefficient (Wildman–Crippen LogP) is -0.0180. The van der Waals surface area contributed by atoms with Gasteiger partial charge >= 0.3 is 0 Å². The van der Waals surface area contributed by atoms with Gasteiger partial charge in [-0.25, -0.2) is 0 Å². The number of nitrogens with one attached hydrogen (secondary N) is 3. The van der Waals surface area contributed by atoms with E-state index in [1.807, 2.05) is 30.3 Å². The summed E-state index contributed by atoms with van der Waals surface area (Å²) in [4.78, 5) is 13.3. The lowest BCUT2D eigenvalue weighted by Crippen LogP contribution is -3.15. The number of hydrogen-bond acceptors (Lipinski definition) is 4. The van der Waals surface area contributed by atoms with Gasteiger partial charge in [-0.05, 0) is 36.2 Å². The number of allylic oxidation sites excluding steroid dienone is 1. The van der Waals surface area contributed by atoms with Crippen molar-refractivity contribution in [2.45, 2.75) is 13.3 Å². The molecule has 1 aliphatic heterocycles. The minimum Gasteiger partial charge on any atom is -0.497 e. The van der Waals surface area contributed by atoms with Crippen LogP contribution in [0.15, 0.2) is 30.3 Å². The van der Waals surface area contributed by atoms with Crippen LogP contribution in [0, 0.1) is 0 Å². The molecule has 1 saturated heterocycles. The Hall–Kier alpha value is -2.05. The summed E-state index contributed by atoms with van der Waals surface area (Å²) >= 11 is 0. The molecule has 1 heterocycles. The maximum Gasteiger partial charge on any atom is 0.293 e. The summed E-state index contributed by atoms with van der Waals surface area (Å²) in [7, 11) is 1.64. The van der Waals surface area contributed by atoms with Crippen molar-refractivity contribution in [1.82, 2.24) is 10.9 Å². The third kappa shape index (κ3) is 5.58. The fourth-order valence-electron chi connectivity index (χ4n) is 2.46. The van der Waals surface area contributed by atoms with Crippen LogP contribution in [-0.4, -0.2) is 45.9 Å². The number of carbonyl (C=O) groups excluding carboxylic acids is 1. The first kappa shape index (κ1) is 17.3. The van der Waals surface area contributed by atoms with Gasteiger partial charge in [0.15, 0.2) is 6.54 Å². The van der Waals surface area contributed by atoms with Crippen molar-refractivity contribution in [2.75, 3.05) is 40.0 Å². The van der Waals surface area contributed by atoms with E-state index in [1.165, 1.54) is 4.90 Å². The van der Waals surface area contributed by atoms with Gasteiger partial charge in [-0.2, -0.15) is 0 Å². The van der Waals surface area contributed by atoms with E-state index in [2.05, 4.69) is 17.8 Å². The minimum atomic E-state index is -0.0163. The molecular weight excluding hydrogens is 294 g/mol. The van der Waals surface area contributed by atoms with Gasteiger partial charge in [0.05, 0.1) is 26.0 Å². The fourth-order valence-corrected chi connectivity index (χ4v) is 2.46. The van der Waals surface area contributed by atoms with Crippen molar-refractivity contribution < 1.29 is 19.2 Å². The zero-order valence-electron chi connectivity index (χ0n) is 13.9. The number of benzene rings is 1. The van der Waals surface area contributed by atoms with Gasteiger partial charge in [0, 0.05) is 0 Å². The fraction of sp³-hybridized carbons (Fsp3) is 0.471. The Labute approximate surface area is 137 Å². The lowest BCUT2D eigenvalue weighted by atomic mass is 10.1. The topological polar surface area (TPSA) is 64.0 Å². The van der Waals surface area contributed by atoms with Gasteiger partial charge < -0.3 is 14.4 Å². The third-order valence-corrected chi connectivity index (χ3v) is 3.76. The van der Waals surface area contributed by atoms with Crippen molar-refractivity contribution >= 4 is 11.6 Å². The molecule has 1 aromatic carbocycles. The SMILES string of the molecule is CC/C=C(\NNC(=O)C[NH+]1CCOCC1)c1ccc(OC)cc1. The molecule has 1 aromatic rings. The molecule has 23 heavy (non-hydrogen) atoms. The first-order valence-electron chi connectivity index (χ1n) is 8.03. The largest absolute Gasteiger partial charge is 0.497 e. The maximum atomic E-state index is 12.1. The van der Waals surface area contributed by atoms with Crippen molar-refractivity contribution in [1.29, 1.82) is 0 Å². The molecule has 0 atom stereocenters. The van der Waals surface area contributed by atoms with Crippen molar-refractivity contribution in [2.24, 2.45) is 0 Å². The number of ether oxygens (including phenoxy) is 2. The summed E-state index contributed by atoms with van der Waals surface area (Å²) in [5, 5.41) is 0. The minimum absolute atomic E-state index is 0.0163. The van der Waals surface area contributed by atoms with Gasteiger partial charge in [0.2, 0.25) is 0 Å². The molecule has 0 saturated carbocycles. The normalized spacial score (nSPS) is 16.0. The Bertz CT molecular complexity index is 522. The van der Waals surface area contributed by atoms with Gasteiger partial charge in [-0.1, -0.05) is 13.0 Å². The quantitative estimate of drug-likeness (QED) is 0.618. The number of rotatable bonds is 7. The van der Waals surface area contributed by atoms with Crippen molar-refractivity contribution in [3.8, 4) is 5.75 Å². The molecule has 0 bridgehead atoms. The number of morpholine rings is 1. The number of quaternary nitrogens is 1. The van der Waals surface area contributed by atoms with Crippen LogP contribution in [-0.2, 0) is 9.53 Å². The molecule has 2 rings (SSSR count). The zero-order chi connectivity index (χ0) is 16.5. The average Bonchev–Trinajstić information content (AvgIpc) is 2.59. The summed E-state index contributed by atoms with van der Waals surface area (Å²) in [6.45, 7) is 5.72. The van der Waals surface area contributed by atoms with Crippen LogP contribution < -0.4 is 20.5 Å². The molecule has 1 amide bonds. The summed E-state index contributed by atoms with van der Waals surface area (Å²) in [6, 6.07) is 7.74. The molecule has 0 spiro atoms. The summed E-state index contributed by atoms with van der Waals surface area (Å²) in [5.41, 5.74) is 7.73. The standard InChI is InChI=1S/C17H25N3O3/c1-3-4-16(14-5-7-15(22-2)8-6-14)18-19-17(21)13-20-9-11-23-12-10-20/h4-8,18H,3,9-13H2,1-2H3,(H,19,21)/p+1/b16-4-. The highest BCUT2D eigenvalue weighted by atomic mass is 16.5. The first-order chi connectivity index (χ1) is 11.2. The van der Waals surface area contributed by atoms with E-state index >= 15 is 0 Å². The molecule has 0 radical (unpaired) electrons. The van der Waals surface area contributed by atoms with Gasteiger partial charge in [0.25, 0.3) is 5.91 Å². The molecule has 126 valence electrons. The number of methoxy groups -OCH3 is 1. The lowest BCUT2D eigenvalue weighted by Gasteiger charge is -2.23. The van der Waals surface area contributed by atoms with Gasteiger partial charge in [-0.15, -0.1) is 0 Å². The van der Waals surface area contributed by atoms with Crippen LogP contribution in [0.4, 0.5) is 0 Å². The predicted molar refractivity (Wildman–Crippen MR) is 88.9 cm³/mol. The maximum absolute atomic E-state index is 12.1. The van der Waals surface area contributed by atoms with Crippen LogP contribution in [0.3, 0.4) is 0 Å². The van der Waals surface area contributed by atoms with Crippen LogP contribution >= 0.6 is 0 Å². The molecule has 1 aliphatic rings. The second-order valence-electron chi connectivity index (χ2n) is 5.47. The van der Waals surface area contributed by atoms with Crippen molar-refractivity contribution in [3.63, 3.8) is 0 Å². The van der Waals surface area contributed by atoms with E-state index in [9.17, 15) is 4.79 Å². The summed E-state index contributed by atoms with van der Waals surface area (Å²) in [6.07, 6.45) is 2.92. The number of carbonyl (C=O) groups is 1. The second kappa shape index (κ2) is 9.17. The van der Waals surface area contributed by atoms with E-state index in [-0.39, 0.29) is 5.91 Å². The van der Waals surface area contributed by atoms with E-state index in [0.29, 0.717) is 6.54 Å². The van der Waals surface area contributed by atoms with Crippen molar-refractivity contribution in [3.05, 3.63) is 35.9 Å². The van der Waals surface area contributed by atoms with E-state index in [1.54, 1.807) is 7.11 Å². The van der Waals surface area contributed by atoms with E-state index < -0.39 is 0 Å². The Morgan fingerprint density at radius 1 is 1.26 bits per heavy atom. The molecule has 1 fully saturated rings.